The van der Waals surface area contributed by atoms with Gasteiger partial charge in [-0.05, 0) is 30.2 Å². The molecule has 6 amide bonds. The third-order valence-electron chi connectivity index (χ3n) is 11.1. The molecule has 1 aromatic rings. The van der Waals surface area contributed by atoms with Crippen LogP contribution >= 0.6 is 0 Å². The molecular weight excluding hydrogens is 720 g/mol. The Balaban J connectivity index is 1.67. The van der Waals surface area contributed by atoms with Crippen molar-refractivity contribution in [2.75, 3.05) is 54.1 Å². The van der Waals surface area contributed by atoms with E-state index < -0.39 is 54.1 Å². The normalized spacial score (nSPS) is 19.4. The number of nitrogens with one attached hydrogen (secondary N) is 2. The number of likely N-dealkylation sites (N-methyl/N-ethyl adjacent to an activating group) is 1. The molecule has 0 radical (unpaired) electrons. The van der Waals surface area contributed by atoms with Crippen molar-refractivity contribution in [1.29, 1.82) is 0 Å². The third kappa shape index (κ3) is 12.4. The van der Waals surface area contributed by atoms with Gasteiger partial charge >= 0.3 is 0 Å². The Morgan fingerprint density at radius 3 is 2.21 bits per heavy atom. The molecule has 0 aromatic heterocycles. The topological polar surface area (TPSA) is 190 Å². The number of benzene rings is 1. The van der Waals surface area contributed by atoms with Gasteiger partial charge in [0, 0.05) is 52.9 Å². The highest BCUT2D eigenvalue weighted by atomic mass is 16.5. The molecule has 1 aromatic carbocycles. The lowest BCUT2D eigenvalue weighted by Gasteiger charge is -2.40. The van der Waals surface area contributed by atoms with Gasteiger partial charge in [-0.1, -0.05) is 71.4 Å². The van der Waals surface area contributed by atoms with Crippen LogP contribution in [-0.4, -0.2) is 141 Å². The zero-order valence-electron chi connectivity index (χ0n) is 34.4. The van der Waals surface area contributed by atoms with Crippen LogP contribution < -0.4 is 16.4 Å². The minimum absolute atomic E-state index is 0.0240. The summed E-state index contributed by atoms with van der Waals surface area (Å²) in [7, 11) is 4.79. The molecular formula is C41H64N6O9. The van der Waals surface area contributed by atoms with Crippen LogP contribution in [0.15, 0.2) is 42.5 Å². The number of amides is 6. The summed E-state index contributed by atoms with van der Waals surface area (Å²) >= 11 is 0. The quantitative estimate of drug-likeness (QED) is 0.109. The molecule has 4 N–H and O–H groups in total. The van der Waals surface area contributed by atoms with Gasteiger partial charge in [0.05, 0.1) is 62.4 Å². The lowest BCUT2D eigenvalue weighted by Crippen LogP contribution is -2.56. The highest BCUT2D eigenvalue weighted by molar-refractivity contribution is 6.12. The van der Waals surface area contributed by atoms with Crippen LogP contribution in [0.25, 0.3) is 0 Å². The van der Waals surface area contributed by atoms with E-state index in [-0.39, 0.29) is 74.6 Å². The van der Waals surface area contributed by atoms with Gasteiger partial charge in [0.15, 0.2) is 0 Å². The van der Waals surface area contributed by atoms with E-state index in [0.29, 0.717) is 13.0 Å². The first kappa shape index (κ1) is 46.2. The number of methoxy groups -OCH3 is 2. The fourth-order valence-electron chi connectivity index (χ4n) is 7.47. The van der Waals surface area contributed by atoms with Gasteiger partial charge in [-0.25, -0.2) is 0 Å². The zero-order chi connectivity index (χ0) is 41.5. The van der Waals surface area contributed by atoms with Crippen LogP contribution in [0, 0.1) is 17.8 Å². The number of carbonyl (C=O) groups excluding carboxylic acids is 6. The molecule has 0 unspecified atom stereocenters. The van der Waals surface area contributed by atoms with Gasteiger partial charge < -0.3 is 40.4 Å². The molecule has 15 heteroatoms. The van der Waals surface area contributed by atoms with Crippen molar-refractivity contribution in [1.82, 2.24) is 25.3 Å². The molecule has 8 atom stereocenters. The van der Waals surface area contributed by atoms with E-state index in [1.165, 1.54) is 19.3 Å². The summed E-state index contributed by atoms with van der Waals surface area (Å²) in [6.07, 6.45) is 3.54. The molecule has 2 aliphatic heterocycles. The minimum Gasteiger partial charge on any atom is -0.379 e. The van der Waals surface area contributed by atoms with E-state index in [0.717, 1.165) is 23.3 Å². The first-order valence-corrected chi connectivity index (χ1v) is 19.8. The summed E-state index contributed by atoms with van der Waals surface area (Å²) in [6.45, 7) is 10.6. The Labute approximate surface area is 332 Å². The Morgan fingerprint density at radius 1 is 0.964 bits per heavy atom. The van der Waals surface area contributed by atoms with Crippen molar-refractivity contribution in [3.05, 3.63) is 48.0 Å². The maximum Gasteiger partial charge on any atom is 0.253 e. The lowest BCUT2D eigenvalue weighted by molar-refractivity contribution is -0.146. The Bertz CT molecular complexity index is 1490. The second kappa shape index (κ2) is 22.5. The van der Waals surface area contributed by atoms with Crippen LogP contribution in [0.1, 0.15) is 65.9 Å². The maximum absolute atomic E-state index is 14.1. The fourth-order valence-corrected chi connectivity index (χ4v) is 7.47. The standard InChI is InChI=1S/C41H64N6O9/c1-9-27(4)37(45(6)41(53)36(42)26(2)3)32(54-7)25-35(50)46-20-13-16-31(46)38(55-8)28(5)39(51)44-30(24-29-14-11-10-12-15-29)40(52)43-19-22-56-23-21-47-33(48)17-18-34(47)49/h10-12,14-15,17-18,26-28,30-32,36-38H,9,13,16,19-25,42H2,1-8H3,(H,43,52)(H,44,51)/t27-,28+,30-,31-,32+,36-,37-,38+/m0/s1. The van der Waals surface area contributed by atoms with Gasteiger partial charge in [-0.3, -0.25) is 33.7 Å². The first-order valence-electron chi connectivity index (χ1n) is 19.8. The number of nitrogens with two attached hydrogens (primary N) is 1. The van der Waals surface area contributed by atoms with Crippen molar-refractivity contribution in [3.8, 4) is 0 Å². The molecule has 1 saturated heterocycles. The molecule has 0 bridgehead atoms. The highest BCUT2D eigenvalue weighted by Crippen LogP contribution is 2.29. The number of imide groups is 1. The zero-order valence-corrected chi connectivity index (χ0v) is 34.4. The second-order valence-electron chi connectivity index (χ2n) is 15.2. The third-order valence-corrected chi connectivity index (χ3v) is 11.1. The van der Waals surface area contributed by atoms with Crippen molar-refractivity contribution in [2.45, 2.75) is 103 Å². The van der Waals surface area contributed by atoms with Gasteiger partial charge in [-0.15, -0.1) is 0 Å². The van der Waals surface area contributed by atoms with E-state index in [4.69, 9.17) is 19.9 Å². The maximum atomic E-state index is 14.1. The number of likely N-dealkylation sites (tertiary alicyclic amines) is 1. The largest absolute Gasteiger partial charge is 0.379 e. The van der Waals surface area contributed by atoms with Crippen LogP contribution in [0.3, 0.4) is 0 Å². The summed E-state index contributed by atoms with van der Waals surface area (Å²) in [6, 6.07) is 6.95. The average Bonchev–Trinajstić information content (AvgIpc) is 3.80. The number of hydrogen-bond acceptors (Lipinski definition) is 10. The van der Waals surface area contributed by atoms with E-state index in [1.807, 2.05) is 58.0 Å². The van der Waals surface area contributed by atoms with Crippen LogP contribution in [0.5, 0.6) is 0 Å². The minimum atomic E-state index is -0.916. The molecule has 312 valence electrons. The smallest absolute Gasteiger partial charge is 0.253 e. The number of nitrogens with zero attached hydrogens (tertiary/aromatic N) is 3. The van der Waals surface area contributed by atoms with Crippen LogP contribution in [0.4, 0.5) is 0 Å². The number of carbonyl (C=O) groups is 6. The Morgan fingerprint density at radius 2 is 1.62 bits per heavy atom. The number of rotatable bonds is 23. The first-order chi connectivity index (χ1) is 26.7. The fraction of sp³-hybridized carbons (Fsp3) is 0.659. The van der Waals surface area contributed by atoms with E-state index in [9.17, 15) is 28.8 Å². The van der Waals surface area contributed by atoms with Gasteiger partial charge in [-0.2, -0.15) is 0 Å². The summed E-state index contributed by atoms with van der Waals surface area (Å²) in [5, 5.41) is 5.75. The monoisotopic (exact) mass is 784 g/mol. The predicted octanol–water partition coefficient (Wildman–Crippen LogP) is 1.68. The molecule has 15 nitrogen and oxygen atoms in total. The predicted molar refractivity (Wildman–Crippen MR) is 211 cm³/mol. The second-order valence-corrected chi connectivity index (χ2v) is 15.2. The van der Waals surface area contributed by atoms with E-state index >= 15 is 0 Å². The number of ether oxygens (including phenoxy) is 3. The Kier molecular flexibility index (Phi) is 18.6. The molecule has 1 fully saturated rings. The summed E-state index contributed by atoms with van der Waals surface area (Å²) < 4.78 is 17.4. The molecule has 0 spiro atoms. The molecule has 2 heterocycles. The van der Waals surface area contributed by atoms with Crippen LogP contribution in [0.2, 0.25) is 0 Å². The van der Waals surface area contributed by atoms with Crippen molar-refractivity contribution in [2.24, 2.45) is 23.5 Å². The highest BCUT2D eigenvalue weighted by Gasteiger charge is 2.43. The van der Waals surface area contributed by atoms with Crippen molar-refractivity contribution in [3.63, 3.8) is 0 Å². The summed E-state index contributed by atoms with van der Waals surface area (Å²) in [5.41, 5.74) is 7.10. The molecule has 0 saturated carbocycles. The molecule has 56 heavy (non-hydrogen) atoms. The molecule has 2 aliphatic rings. The van der Waals surface area contributed by atoms with Crippen molar-refractivity contribution < 1.29 is 43.0 Å². The summed E-state index contributed by atoms with van der Waals surface area (Å²) in [5.74, 6) is -2.70. The number of hydrogen-bond donors (Lipinski definition) is 3. The van der Waals surface area contributed by atoms with Gasteiger partial charge in [0.25, 0.3) is 11.8 Å². The lowest BCUT2D eigenvalue weighted by atomic mass is 9.89. The van der Waals surface area contributed by atoms with Gasteiger partial charge in [0.1, 0.15) is 6.04 Å². The SMILES string of the molecule is CC[C@H](C)[C@@H]([C@@H](CC(=O)N1CCC[C@H]1[C@H](OC)[C@@H](C)C(=O)N[C@@H](Cc1ccccc1)C(=O)NCCOCCN1C(=O)C=CC1=O)OC)N(C)C(=O)[C@@H](N)C(C)C. The average molecular weight is 785 g/mol. The summed E-state index contributed by atoms with van der Waals surface area (Å²) in [4.78, 5) is 82.8. The Hall–Kier alpha value is -4.18. The van der Waals surface area contributed by atoms with E-state index in [1.54, 1.807) is 30.9 Å². The van der Waals surface area contributed by atoms with Gasteiger partial charge in [0.2, 0.25) is 23.6 Å². The van der Waals surface area contributed by atoms with E-state index in [2.05, 4.69) is 10.6 Å². The van der Waals surface area contributed by atoms with Crippen molar-refractivity contribution >= 4 is 35.4 Å². The van der Waals surface area contributed by atoms with Crippen LogP contribution in [-0.2, 0) is 49.4 Å². The molecule has 0 aliphatic carbocycles. The molecule has 3 rings (SSSR count).